The van der Waals surface area contributed by atoms with Gasteiger partial charge in [0.05, 0.1) is 17.6 Å². The molecule has 0 spiro atoms. The molecule has 3 rings (SSSR count). The summed E-state index contributed by atoms with van der Waals surface area (Å²) in [4.78, 5) is 16.2. The minimum absolute atomic E-state index is 0.135. The molecule has 1 amide bonds. The summed E-state index contributed by atoms with van der Waals surface area (Å²) in [5, 5.41) is 5.74. The van der Waals surface area contributed by atoms with Gasteiger partial charge in [0.25, 0.3) is 5.91 Å². The number of hydrogen-bond donors (Lipinski definition) is 2. The molecule has 0 atom stereocenters. The second kappa shape index (κ2) is 7.37. The number of aromatic nitrogens is 1. The number of hydrogen-bond acceptors (Lipinski definition) is 3. The van der Waals surface area contributed by atoms with Crippen LogP contribution >= 0.6 is 0 Å². The summed E-state index contributed by atoms with van der Waals surface area (Å²) in [5.41, 5.74) is 2.32. The predicted molar refractivity (Wildman–Crippen MR) is 92.4 cm³/mol. The normalized spacial score (nSPS) is 10.2. The lowest BCUT2D eigenvalue weighted by atomic mass is 10.2. The molecule has 120 valence electrons. The quantitative estimate of drug-likeness (QED) is 0.744. The van der Waals surface area contributed by atoms with Crippen molar-refractivity contribution in [2.24, 2.45) is 0 Å². The van der Waals surface area contributed by atoms with Gasteiger partial charge in [-0.1, -0.05) is 42.5 Å². The Hall–Kier alpha value is -3.21. The zero-order valence-corrected chi connectivity index (χ0v) is 12.9. The van der Waals surface area contributed by atoms with Crippen LogP contribution in [0.3, 0.4) is 0 Å². The Kier molecular flexibility index (Phi) is 4.81. The Morgan fingerprint density at radius 1 is 0.958 bits per heavy atom. The average Bonchev–Trinajstić information content (AvgIpc) is 2.63. The minimum atomic E-state index is -0.480. The zero-order chi connectivity index (χ0) is 16.8. The molecule has 0 bridgehead atoms. The van der Waals surface area contributed by atoms with Gasteiger partial charge in [0.15, 0.2) is 0 Å². The number of carbonyl (C=O) groups is 1. The van der Waals surface area contributed by atoms with Crippen LogP contribution in [-0.2, 0) is 6.54 Å². The highest BCUT2D eigenvalue weighted by Crippen LogP contribution is 2.14. The molecule has 0 aliphatic carbocycles. The molecule has 0 aliphatic rings. The first-order valence-corrected chi connectivity index (χ1v) is 7.52. The van der Waals surface area contributed by atoms with Crippen LogP contribution in [0.5, 0.6) is 0 Å². The fraction of sp³-hybridized carbons (Fsp3) is 0.0526. The van der Waals surface area contributed by atoms with Crippen molar-refractivity contribution < 1.29 is 9.18 Å². The molecule has 3 aromatic rings. The summed E-state index contributed by atoms with van der Waals surface area (Å²) in [6.45, 7) is 0.670. The predicted octanol–water partition coefficient (Wildman–Crippen LogP) is 4.09. The molecule has 0 aliphatic heterocycles. The van der Waals surface area contributed by atoms with Crippen molar-refractivity contribution in [2.45, 2.75) is 6.54 Å². The van der Waals surface area contributed by atoms with Crippen molar-refractivity contribution in [2.75, 3.05) is 10.6 Å². The number of amides is 1. The van der Waals surface area contributed by atoms with E-state index in [9.17, 15) is 9.18 Å². The summed E-state index contributed by atoms with van der Waals surface area (Å²) in [5.74, 6) is -0.929. The highest BCUT2D eigenvalue weighted by Gasteiger charge is 2.10. The number of carbonyl (C=O) groups excluding carboxylic acids is 1. The molecule has 24 heavy (non-hydrogen) atoms. The lowest BCUT2D eigenvalue weighted by Gasteiger charge is -2.08. The van der Waals surface area contributed by atoms with E-state index in [1.807, 2.05) is 30.3 Å². The Morgan fingerprint density at radius 2 is 1.71 bits per heavy atom. The molecule has 1 aromatic heterocycles. The molecule has 0 fully saturated rings. The topological polar surface area (TPSA) is 54.0 Å². The number of benzene rings is 2. The van der Waals surface area contributed by atoms with Gasteiger partial charge in [0, 0.05) is 6.54 Å². The lowest BCUT2D eigenvalue weighted by molar-refractivity contribution is 0.102. The molecular formula is C19H16FN3O. The second-order valence-electron chi connectivity index (χ2n) is 5.21. The van der Waals surface area contributed by atoms with Crippen molar-refractivity contribution >= 4 is 17.3 Å². The van der Waals surface area contributed by atoms with Crippen LogP contribution in [0.4, 0.5) is 15.8 Å². The maximum absolute atomic E-state index is 13.5. The first-order valence-electron chi connectivity index (χ1n) is 7.52. The molecule has 0 radical (unpaired) electrons. The minimum Gasteiger partial charge on any atom is -0.380 e. The van der Waals surface area contributed by atoms with Crippen molar-refractivity contribution in [3.8, 4) is 0 Å². The largest absolute Gasteiger partial charge is 0.380 e. The van der Waals surface area contributed by atoms with Crippen LogP contribution in [0.1, 0.15) is 16.1 Å². The molecule has 0 saturated heterocycles. The smallest absolute Gasteiger partial charge is 0.274 e. The fourth-order valence-corrected chi connectivity index (χ4v) is 2.18. The van der Waals surface area contributed by atoms with E-state index in [1.54, 1.807) is 30.5 Å². The average molecular weight is 321 g/mol. The summed E-state index contributed by atoms with van der Waals surface area (Å²) >= 11 is 0. The maximum atomic E-state index is 13.5. The van der Waals surface area contributed by atoms with Gasteiger partial charge in [-0.05, 0) is 29.8 Å². The number of anilines is 2. The number of para-hydroxylation sites is 1. The number of nitrogens with zero attached hydrogens (tertiary/aromatic N) is 1. The summed E-state index contributed by atoms with van der Waals surface area (Å²) in [6.07, 6.45) is 1.58. The highest BCUT2D eigenvalue weighted by molar-refractivity contribution is 6.03. The lowest BCUT2D eigenvalue weighted by Crippen LogP contribution is -2.14. The molecule has 2 N–H and O–H groups in total. The number of rotatable bonds is 5. The fourth-order valence-electron chi connectivity index (χ4n) is 2.18. The molecule has 2 aromatic carbocycles. The number of nitrogens with one attached hydrogen (secondary N) is 2. The Morgan fingerprint density at radius 3 is 2.42 bits per heavy atom. The van der Waals surface area contributed by atoms with Crippen molar-refractivity contribution in [3.05, 3.63) is 90.0 Å². The summed E-state index contributed by atoms with van der Waals surface area (Å²) in [6, 6.07) is 19.4. The monoisotopic (exact) mass is 321 g/mol. The third-order valence-corrected chi connectivity index (χ3v) is 3.46. The van der Waals surface area contributed by atoms with Crippen LogP contribution in [0.2, 0.25) is 0 Å². The standard InChI is InChI=1S/C19H16FN3O/c20-16-8-4-5-9-17(16)23-19(24)18-11-10-15(13-22-18)21-12-14-6-2-1-3-7-14/h1-11,13,21H,12H2,(H,23,24). The molecule has 0 saturated carbocycles. The van der Waals surface area contributed by atoms with Gasteiger partial charge in [0.1, 0.15) is 11.5 Å². The van der Waals surface area contributed by atoms with E-state index in [0.29, 0.717) is 6.54 Å². The molecular weight excluding hydrogens is 305 g/mol. The van der Waals surface area contributed by atoms with Crippen LogP contribution in [0, 0.1) is 5.82 Å². The van der Waals surface area contributed by atoms with Crippen LogP contribution in [-0.4, -0.2) is 10.9 Å². The Balaban J connectivity index is 1.61. The van der Waals surface area contributed by atoms with Crippen LogP contribution in [0.25, 0.3) is 0 Å². The van der Waals surface area contributed by atoms with Crippen molar-refractivity contribution in [3.63, 3.8) is 0 Å². The van der Waals surface area contributed by atoms with E-state index in [1.165, 1.54) is 12.1 Å². The second-order valence-corrected chi connectivity index (χ2v) is 5.21. The molecule has 1 heterocycles. The van der Waals surface area contributed by atoms with Crippen molar-refractivity contribution in [1.82, 2.24) is 4.98 Å². The number of pyridine rings is 1. The molecule has 0 unspecified atom stereocenters. The maximum Gasteiger partial charge on any atom is 0.274 e. The molecule has 5 heteroatoms. The number of halogens is 1. The first-order chi connectivity index (χ1) is 11.7. The SMILES string of the molecule is O=C(Nc1ccccc1F)c1ccc(NCc2ccccc2)cn1. The third kappa shape index (κ3) is 3.95. The van der Waals surface area contributed by atoms with Gasteiger partial charge in [-0.3, -0.25) is 4.79 Å². The van der Waals surface area contributed by atoms with Crippen molar-refractivity contribution in [1.29, 1.82) is 0 Å². The van der Waals surface area contributed by atoms with E-state index in [0.717, 1.165) is 11.3 Å². The van der Waals surface area contributed by atoms with E-state index in [4.69, 9.17) is 0 Å². The van der Waals surface area contributed by atoms with E-state index >= 15 is 0 Å². The van der Waals surface area contributed by atoms with Crippen LogP contribution in [0.15, 0.2) is 72.9 Å². The van der Waals surface area contributed by atoms with Gasteiger partial charge in [-0.15, -0.1) is 0 Å². The first kappa shape index (κ1) is 15.7. The zero-order valence-electron chi connectivity index (χ0n) is 12.9. The Bertz CT molecular complexity index is 820. The van der Waals surface area contributed by atoms with Gasteiger partial charge < -0.3 is 10.6 Å². The van der Waals surface area contributed by atoms with Gasteiger partial charge in [0.2, 0.25) is 0 Å². The van der Waals surface area contributed by atoms with Gasteiger partial charge in [-0.2, -0.15) is 0 Å². The van der Waals surface area contributed by atoms with E-state index in [2.05, 4.69) is 15.6 Å². The third-order valence-electron chi connectivity index (χ3n) is 3.46. The van der Waals surface area contributed by atoms with Gasteiger partial charge >= 0.3 is 0 Å². The molecule has 4 nitrogen and oxygen atoms in total. The van der Waals surface area contributed by atoms with Gasteiger partial charge in [-0.25, -0.2) is 9.37 Å². The highest BCUT2D eigenvalue weighted by atomic mass is 19.1. The van der Waals surface area contributed by atoms with E-state index in [-0.39, 0.29) is 11.4 Å². The summed E-state index contributed by atoms with van der Waals surface area (Å²) in [7, 11) is 0. The van der Waals surface area contributed by atoms with E-state index < -0.39 is 11.7 Å². The van der Waals surface area contributed by atoms with Crippen LogP contribution < -0.4 is 10.6 Å². The summed E-state index contributed by atoms with van der Waals surface area (Å²) < 4.78 is 13.5. The Labute approximate surface area is 139 Å².